The van der Waals surface area contributed by atoms with E-state index in [1.165, 1.54) is 0 Å². The summed E-state index contributed by atoms with van der Waals surface area (Å²) in [5, 5.41) is 0. The molecule has 0 aromatic carbocycles. The first-order valence-corrected chi connectivity index (χ1v) is 2.75. The van der Waals surface area contributed by atoms with E-state index in [2.05, 4.69) is 27.9 Å². The molecule has 0 aromatic rings. The summed E-state index contributed by atoms with van der Waals surface area (Å²) in [4.78, 5) is 0. The summed E-state index contributed by atoms with van der Waals surface area (Å²) >= 11 is 0. The maximum atomic E-state index is 2.95. The van der Waals surface area contributed by atoms with Gasteiger partial charge >= 0.3 is 0 Å². The molecule has 5 heteroatoms. The quantitative estimate of drug-likeness (QED) is 0.392. The minimum Gasteiger partial charge on any atom is -0.408 e. The zero-order valence-electron chi connectivity index (χ0n) is 5.58. The maximum Gasteiger partial charge on any atom is 0 e. The van der Waals surface area contributed by atoms with Gasteiger partial charge in [-0.1, -0.05) is 11.4 Å². The Morgan fingerprint density at radius 2 is 2.00 bits per heavy atom. The molecule has 51 valence electrons. The Hall–Kier alpha value is -0.216. The number of fused-ring (bicyclic) bond motifs is 1. The number of hydrogen-bond acceptors (Lipinski definition) is 4. The van der Waals surface area contributed by atoms with E-state index in [1.54, 1.807) is 0 Å². The molecule has 0 bridgehead atoms. The first-order valence-electron chi connectivity index (χ1n) is 2.75. The molecule has 0 atom stereocenters. The van der Waals surface area contributed by atoms with Gasteiger partial charge in [0, 0.05) is 32.7 Å². The Morgan fingerprint density at radius 1 is 1.20 bits per heavy atom. The summed E-state index contributed by atoms with van der Waals surface area (Å²) < 4.78 is 0. The topological polar surface area (TPSA) is 48.1 Å². The van der Waals surface area contributed by atoms with Crippen LogP contribution in [0.15, 0.2) is 17.1 Å². The summed E-state index contributed by atoms with van der Waals surface area (Å²) in [5.41, 5.74) is 14.6. The SMILES string of the molecule is CC1=C2NN[C-]=C2NN1.[Y]. The van der Waals surface area contributed by atoms with Gasteiger partial charge in [-0.15, -0.1) is 6.20 Å². The second-order valence-corrected chi connectivity index (χ2v) is 2.00. The van der Waals surface area contributed by atoms with Gasteiger partial charge in [-0.05, 0) is 12.6 Å². The van der Waals surface area contributed by atoms with Gasteiger partial charge in [0.25, 0.3) is 0 Å². The van der Waals surface area contributed by atoms with Crippen LogP contribution in [-0.4, -0.2) is 0 Å². The van der Waals surface area contributed by atoms with E-state index >= 15 is 0 Å². The smallest absolute Gasteiger partial charge is 0 e. The fourth-order valence-electron chi connectivity index (χ4n) is 0.875. The van der Waals surface area contributed by atoms with Crippen molar-refractivity contribution in [2.24, 2.45) is 0 Å². The second kappa shape index (κ2) is 2.80. The number of rotatable bonds is 0. The van der Waals surface area contributed by atoms with Crippen LogP contribution in [0.25, 0.3) is 0 Å². The van der Waals surface area contributed by atoms with Crippen LogP contribution >= 0.6 is 0 Å². The van der Waals surface area contributed by atoms with Crippen LogP contribution in [-0.2, 0) is 32.7 Å². The van der Waals surface area contributed by atoms with Gasteiger partial charge in [-0.25, -0.2) is 0 Å². The number of allylic oxidation sites excluding steroid dienone is 1. The van der Waals surface area contributed by atoms with Crippen LogP contribution in [0.5, 0.6) is 0 Å². The molecule has 0 spiro atoms. The Bertz CT molecular complexity index is 205. The van der Waals surface area contributed by atoms with Crippen LogP contribution in [0.1, 0.15) is 6.92 Å². The van der Waals surface area contributed by atoms with Gasteiger partial charge < -0.3 is 21.7 Å². The molecule has 0 aromatic heterocycles. The van der Waals surface area contributed by atoms with Crippen molar-refractivity contribution < 1.29 is 32.7 Å². The van der Waals surface area contributed by atoms with Crippen LogP contribution in [0.2, 0.25) is 0 Å². The largest absolute Gasteiger partial charge is 0.408 e. The van der Waals surface area contributed by atoms with Crippen molar-refractivity contribution >= 4 is 0 Å². The third-order valence-electron chi connectivity index (χ3n) is 1.38. The maximum absolute atomic E-state index is 2.95. The number of nitrogens with one attached hydrogen (secondary N) is 4. The normalized spacial score (nSPS) is 19.1. The molecule has 2 heterocycles. The van der Waals surface area contributed by atoms with E-state index in [9.17, 15) is 0 Å². The number of hydrogen-bond donors (Lipinski definition) is 4. The van der Waals surface area contributed by atoms with E-state index < -0.39 is 0 Å². The van der Waals surface area contributed by atoms with E-state index in [0.717, 1.165) is 17.1 Å². The van der Waals surface area contributed by atoms with Crippen molar-refractivity contribution in [1.82, 2.24) is 21.7 Å². The third-order valence-corrected chi connectivity index (χ3v) is 1.38. The van der Waals surface area contributed by atoms with Crippen molar-refractivity contribution in [3.8, 4) is 0 Å². The van der Waals surface area contributed by atoms with Gasteiger partial charge in [0.1, 0.15) is 0 Å². The first kappa shape index (κ1) is 7.89. The molecular weight excluding hydrogens is 205 g/mol. The van der Waals surface area contributed by atoms with Crippen molar-refractivity contribution in [2.75, 3.05) is 0 Å². The third kappa shape index (κ3) is 1.02. The number of hydrazine groups is 2. The van der Waals surface area contributed by atoms with Crippen molar-refractivity contribution in [2.45, 2.75) is 6.92 Å². The Morgan fingerprint density at radius 3 is 2.70 bits per heavy atom. The van der Waals surface area contributed by atoms with Gasteiger partial charge in [0.2, 0.25) is 0 Å². The van der Waals surface area contributed by atoms with E-state index in [1.807, 2.05) is 6.92 Å². The summed E-state index contributed by atoms with van der Waals surface area (Å²) in [6.45, 7) is 1.98. The molecule has 2 aliphatic heterocycles. The Labute approximate surface area is 84.3 Å². The zero-order chi connectivity index (χ0) is 6.27. The average molecular weight is 212 g/mol. The molecule has 0 aliphatic carbocycles. The second-order valence-electron chi connectivity index (χ2n) is 2.00. The summed E-state index contributed by atoms with van der Waals surface area (Å²) in [6.07, 6.45) is 2.87. The molecule has 2 aliphatic rings. The fraction of sp³-hybridized carbons (Fsp3) is 0.200. The van der Waals surface area contributed by atoms with E-state index in [0.29, 0.717) is 0 Å². The molecular formula is C5H7N4Y-. The average Bonchev–Trinajstić information content (AvgIpc) is 2.35. The zero-order valence-corrected chi connectivity index (χ0v) is 8.42. The monoisotopic (exact) mass is 212 g/mol. The molecule has 0 amide bonds. The van der Waals surface area contributed by atoms with Gasteiger partial charge in [0.05, 0.1) is 0 Å². The van der Waals surface area contributed by atoms with Crippen LogP contribution in [0.3, 0.4) is 0 Å². The van der Waals surface area contributed by atoms with Crippen molar-refractivity contribution in [3.63, 3.8) is 0 Å². The molecule has 2 rings (SSSR count). The summed E-state index contributed by atoms with van der Waals surface area (Å²) in [6, 6.07) is 0. The molecule has 1 radical (unpaired) electrons. The van der Waals surface area contributed by atoms with Crippen molar-refractivity contribution in [3.05, 3.63) is 23.3 Å². The van der Waals surface area contributed by atoms with E-state index in [4.69, 9.17) is 0 Å². The molecule has 0 saturated carbocycles. The van der Waals surface area contributed by atoms with Crippen LogP contribution in [0, 0.1) is 6.20 Å². The predicted octanol–water partition coefficient (Wildman–Crippen LogP) is -0.924. The first-order chi connectivity index (χ1) is 4.38. The van der Waals surface area contributed by atoms with Gasteiger partial charge in [-0.3, -0.25) is 0 Å². The molecule has 10 heavy (non-hydrogen) atoms. The molecule has 0 fully saturated rings. The molecule has 0 unspecified atom stereocenters. The Kier molecular flexibility index (Phi) is 2.21. The minimum absolute atomic E-state index is 0. The van der Waals surface area contributed by atoms with Gasteiger partial charge in [-0.2, -0.15) is 0 Å². The molecule has 4 nitrogen and oxygen atoms in total. The Balaban J connectivity index is 0.000000500. The van der Waals surface area contributed by atoms with Crippen LogP contribution < -0.4 is 21.7 Å². The van der Waals surface area contributed by atoms with Crippen molar-refractivity contribution in [1.29, 1.82) is 0 Å². The standard InChI is InChI=1S/C5H7N4.Y/c1-3-5-4(8-7-3)2-6-9-5;/h6-9H,1H3;/q-1;. The molecule has 4 N–H and O–H groups in total. The van der Waals surface area contributed by atoms with Gasteiger partial charge in [0.15, 0.2) is 0 Å². The summed E-state index contributed by atoms with van der Waals surface area (Å²) in [5.74, 6) is 0. The summed E-state index contributed by atoms with van der Waals surface area (Å²) in [7, 11) is 0. The fourth-order valence-corrected chi connectivity index (χ4v) is 0.875. The van der Waals surface area contributed by atoms with Crippen LogP contribution in [0.4, 0.5) is 0 Å². The minimum atomic E-state index is 0. The predicted molar refractivity (Wildman–Crippen MR) is 32.0 cm³/mol. The van der Waals surface area contributed by atoms with E-state index in [-0.39, 0.29) is 32.7 Å². The molecule has 0 saturated heterocycles.